The number of thiazole rings is 1. The van der Waals surface area contributed by atoms with Gasteiger partial charge in [0.2, 0.25) is 5.91 Å². The van der Waals surface area contributed by atoms with Gasteiger partial charge in [-0.15, -0.1) is 11.3 Å². The van der Waals surface area contributed by atoms with Crippen molar-refractivity contribution in [2.75, 3.05) is 29.5 Å². The Kier molecular flexibility index (Phi) is 4.89. The van der Waals surface area contributed by atoms with Crippen LogP contribution in [0.5, 0.6) is 0 Å². The van der Waals surface area contributed by atoms with Gasteiger partial charge in [-0.3, -0.25) is 9.59 Å². The minimum absolute atomic E-state index is 0.0555. The minimum atomic E-state index is -0.226. The van der Waals surface area contributed by atoms with Crippen molar-refractivity contribution < 1.29 is 14.5 Å². The van der Waals surface area contributed by atoms with Gasteiger partial charge in [0.25, 0.3) is 5.91 Å². The van der Waals surface area contributed by atoms with Crippen molar-refractivity contribution in [1.29, 1.82) is 0 Å². The molecule has 3 aromatic rings. The number of fused-ring (bicyclic) bond motifs is 1. The average Bonchev–Trinajstić information content (AvgIpc) is 3.29. The number of amides is 2. The second-order valence-electron chi connectivity index (χ2n) is 7.63. The second kappa shape index (κ2) is 7.55. The molecule has 2 amide bonds. The summed E-state index contributed by atoms with van der Waals surface area (Å²) in [6.07, 6.45) is 0.317. The lowest BCUT2D eigenvalue weighted by molar-refractivity contribution is -0.911. The molecule has 0 aliphatic carbocycles. The Bertz CT molecular complexity index is 1090. The number of hydrogen-bond acceptors (Lipinski definition) is 5. The van der Waals surface area contributed by atoms with E-state index < -0.39 is 0 Å². The zero-order valence-corrected chi connectivity index (χ0v) is 17.8. The molecule has 2 aliphatic heterocycles. The van der Waals surface area contributed by atoms with Crippen molar-refractivity contribution in [2.24, 2.45) is 0 Å². The maximum absolute atomic E-state index is 13.0. The molecule has 1 atom stereocenters. The summed E-state index contributed by atoms with van der Waals surface area (Å²) in [5.74, 6) is 1.97. The molecule has 148 valence electrons. The molecule has 2 fully saturated rings. The number of thioether (sulfide) groups is 1. The van der Waals surface area contributed by atoms with Crippen LogP contribution in [0.4, 0.5) is 5.69 Å². The van der Waals surface area contributed by atoms with E-state index in [0.29, 0.717) is 12.1 Å². The highest BCUT2D eigenvalue weighted by Crippen LogP contribution is 2.32. The van der Waals surface area contributed by atoms with Gasteiger partial charge in [0.05, 0.1) is 35.4 Å². The molecular weight excluding hydrogens is 402 g/mol. The molecular formula is C22H22N3O2S2+. The Morgan fingerprint density at radius 1 is 1.07 bits per heavy atom. The highest BCUT2D eigenvalue weighted by molar-refractivity contribution is 7.99. The van der Waals surface area contributed by atoms with E-state index in [0.717, 1.165) is 40.7 Å². The Morgan fingerprint density at radius 2 is 1.83 bits per heavy atom. The van der Waals surface area contributed by atoms with Gasteiger partial charge >= 0.3 is 0 Å². The molecule has 1 N–H and O–H groups in total. The first-order valence-corrected chi connectivity index (χ1v) is 11.8. The van der Waals surface area contributed by atoms with E-state index in [1.807, 2.05) is 42.1 Å². The number of carbonyl (C=O) groups excluding carboxylic acids is 2. The first-order chi connectivity index (χ1) is 14.1. The predicted octanol–water partition coefficient (Wildman–Crippen LogP) is 2.54. The number of rotatable bonds is 3. The maximum atomic E-state index is 13.0. The monoisotopic (exact) mass is 424 g/mol. The smallest absolute Gasteiger partial charge is 0.292 e. The molecule has 0 bridgehead atoms. The fourth-order valence-electron chi connectivity index (χ4n) is 4.11. The molecule has 3 heterocycles. The van der Waals surface area contributed by atoms with Crippen molar-refractivity contribution in [3.63, 3.8) is 0 Å². The van der Waals surface area contributed by atoms with Crippen LogP contribution in [-0.2, 0) is 9.59 Å². The van der Waals surface area contributed by atoms with Crippen LogP contribution in [0.25, 0.3) is 20.8 Å². The van der Waals surface area contributed by atoms with Crippen LogP contribution >= 0.6 is 23.1 Å². The number of hydrogen-bond donors (Lipinski definition) is 1. The Labute approximate surface area is 177 Å². The molecule has 0 saturated carbocycles. The van der Waals surface area contributed by atoms with Crippen LogP contribution in [0.2, 0.25) is 0 Å². The second-order valence-corrected chi connectivity index (χ2v) is 9.89. The molecule has 1 aromatic heterocycles. The number of quaternary nitrogens is 1. The Balaban J connectivity index is 1.39. The average molecular weight is 425 g/mol. The molecule has 29 heavy (non-hydrogen) atoms. The van der Waals surface area contributed by atoms with Gasteiger partial charge in [0.15, 0.2) is 6.04 Å². The van der Waals surface area contributed by atoms with Crippen molar-refractivity contribution in [3.05, 3.63) is 48.0 Å². The summed E-state index contributed by atoms with van der Waals surface area (Å²) in [7, 11) is 0. The Hall–Kier alpha value is -2.22. The summed E-state index contributed by atoms with van der Waals surface area (Å²) in [4.78, 5) is 33.0. The molecule has 7 heteroatoms. The summed E-state index contributed by atoms with van der Waals surface area (Å²) in [6, 6.07) is 13.7. The van der Waals surface area contributed by atoms with E-state index >= 15 is 0 Å². The quantitative estimate of drug-likeness (QED) is 0.657. The maximum Gasteiger partial charge on any atom is 0.292 e. The molecule has 5 rings (SSSR count). The lowest BCUT2D eigenvalue weighted by atomic mass is 10.2. The molecule has 2 aliphatic rings. The van der Waals surface area contributed by atoms with E-state index in [1.54, 1.807) is 11.3 Å². The highest BCUT2D eigenvalue weighted by atomic mass is 32.2. The number of imide groups is 1. The Morgan fingerprint density at radius 3 is 2.59 bits per heavy atom. The number of nitrogens with zero attached hydrogens (tertiary/aromatic N) is 2. The van der Waals surface area contributed by atoms with E-state index in [2.05, 4.69) is 19.1 Å². The number of benzene rings is 2. The van der Waals surface area contributed by atoms with Crippen molar-refractivity contribution in [2.45, 2.75) is 19.4 Å². The largest absolute Gasteiger partial charge is 0.323 e. The van der Waals surface area contributed by atoms with E-state index in [-0.39, 0.29) is 17.9 Å². The van der Waals surface area contributed by atoms with Crippen LogP contribution in [0, 0.1) is 6.92 Å². The van der Waals surface area contributed by atoms with E-state index in [9.17, 15) is 9.59 Å². The van der Waals surface area contributed by atoms with Crippen molar-refractivity contribution in [3.8, 4) is 10.6 Å². The highest BCUT2D eigenvalue weighted by Gasteiger charge is 2.45. The molecule has 0 spiro atoms. The lowest BCUT2D eigenvalue weighted by Crippen LogP contribution is -3.18. The number of carbonyl (C=O) groups is 2. The minimum Gasteiger partial charge on any atom is -0.323 e. The first kappa shape index (κ1) is 18.8. The van der Waals surface area contributed by atoms with E-state index in [1.165, 1.54) is 20.1 Å². The molecule has 5 nitrogen and oxygen atoms in total. The van der Waals surface area contributed by atoms with Crippen molar-refractivity contribution >= 4 is 50.8 Å². The molecule has 2 saturated heterocycles. The third kappa shape index (κ3) is 3.47. The number of aromatic nitrogens is 1. The fraction of sp³-hybridized carbons (Fsp3) is 0.318. The van der Waals surface area contributed by atoms with Crippen LogP contribution in [0.1, 0.15) is 12.0 Å². The van der Waals surface area contributed by atoms with Gasteiger partial charge in [0.1, 0.15) is 5.01 Å². The topological polar surface area (TPSA) is 54.7 Å². The van der Waals surface area contributed by atoms with Gasteiger partial charge in [-0.25, -0.2) is 9.88 Å². The fourth-order valence-corrected chi connectivity index (χ4v) is 6.20. The van der Waals surface area contributed by atoms with E-state index in [4.69, 9.17) is 4.98 Å². The third-order valence-corrected chi connectivity index (χ3v) is 7.74. The zero-order chi connectivity index (χ0) is 20.0. The molecule has 2 aromatic carbocycles. The molecule has 0 unspecified atom stereocenters. The van der Waals surface area contributed by atoms with Crippen LogP contribution in [-0.4, -0.2) is 47.4 Å². The SMILES string of the molecule is Cc1ccc2nc(-c3ccc(N4C(=O)C[C@H]([NH+]5CCSCC5)C4=O)cc3)sc2c1. The van der Waals surface area contributed by atoms with Gasteiger partial charge in [-0.2, -0.15) is 11.8 Å². The summed E-state index contributed by atoms with van der Waals surface area (Å²) in [5, 5.41) is 0.948. The summed E-state index contributed by atoms with van der Waals surface area (Å²) >= 11 is 3.58. The number of nitrogens with one attached hydrogen (secondary N) is 1. The van der Waals surface area contributed by atoms with Crippen LogP contribution < -0.4 is 9.80 Å². The number of anilines is 1. The van der Waals surface area contributed by atoms with Gasteiger partial charge in [-0.1, -0.05) is 6.07 Å². The van der Waals surface area contributed by atoms with Crippen LogP contribution in [0.15, 0.2) is 42.5 Å². The van der Waals surface area contributed by atoms with Crippen molar-refractivity contribution in [1.82, 2.24) is 4.98 Å². The van der Waals surface area contributed by atoms with Gasteiger partial charge < -0.3 is 4.90 Å². The summed E-state index contributed by atoms with van der Waals surface area (Å²) in [6.45, 7) is 3.99. The van der Waals surface area contributed by atoms with Gasteiger partial charge in [0, 0.05) is 17.1 Å². The third-order valence-electron chi connectivity index (χ3n) is 5.69. The normalized spacial score (nSPS) is 20.7. The molecule has 0 radical (unpaired) electrons. The standard InChI is InChI=1S/C22H21N3O2S2/c1-14-2-7-17-19(12-14)29-21(23-17)15-3-5-16(6-4-15)25-20(26)13-18(22(25)27)24-8-10-28-11-9-24/h2-7,12,18H,8-11,13H2,1H3/p+1/t18-/m0/s1. The number of aryl methyl sites for hydroxylation is 1. The predicted molar refractivity (Wildman–Crippen MR) is 119 cm³/mol. The summed E-state index contributed by atoms with van der Waals surface area (Å²) < 4.78 is 1.17. The van der Waals surface area contributed by atoms with Crippen LogP contribution in [0.3, 0.4) is 0 Å². The first-order valence-electron chi connectivity index (χ1n) is 9.87. The van der Waals surface area contributed by atoms with Gasteiger partial charge in [-0.05, 0) is 48.9 Å². The summed E-state index contributed by atoms with van der Waals surface area (Å²) in [5.41, 5.74) is 3.88. The lowest BCUT2D eigenvalue weighted by Gasteiger charge is -2.27. The zero-order valence-electron chi connectivity index (χ0n) is 16.2.